The second kappa shape index (κ2) is 6.89. The Bertz CT molecular complexity index is 1080. The molecular formula is C24H21N3. The lowest BCUT2D eigenvalue weighted by Gasteiger charge is -2.19. The predicted octanol–water partition coefficient (Wildman–Crippen LogP) is 5.43. The van der Waals surface area contributed by atoms with E-state index in [1.807, 2.05) is 72.8 Å². The average Bonchev–Trinajstić information content (AvgIpc) is 2.70. The Morgan fingerprint density at radius 3 is 1.78 bits per heavy atom. The molecule has 4 aromatic rings. The van der Waals surface area contributed by atoms with Gasteiger partial charge in [0.2, 0.25) is 0 Å². The van der Waals surface area contributed by atoms with Gasteiger partial charge in [-0.3, -0.25) is 0 Å². The Morgan fingerprint density at radius 2 is 1.07 bits per heavy atom. The zero-order valence-corrected chi connectivity index (χ0v) is 14.9. The quantitative estimate of drug-likeness (QED) is 0.430. The molecule has 0 aliphatic rings. The molecule has 0 radical (unpaired) electrons. The van der Waals surface area contributed by atoms with E-state index in [4.69, 9.17) is 17.2 Å². The minimum absolute atomic E-state index is 0.719. The molecule has 0 heterocycles. The van der Waals surface area contributed by atoms with E-state index in [9.17, 15) is 0 Å². The fourth-order valence-electron chi connectivity index (χ4n) is 3.44. The van der Waals surface area contributed by atoms with Crippen LogP contribution >= 0.6 is 0 Å². The number of anilines is 3. The second-order valence-electron chi connectivity index (χ2n) is 6.53. The average molecular weight is 351 g/mol. The lowest BCUT2D eigenvalue weighted by molar-refractivity contribution is 1.55. The summed E-state index contributed by atoms with van der Waals surface area (Å²) in [6.07, 6.45) is 0. The number of para-hydroxylation sites is 1. The van der Waals surface area contributed by atoms with Crippen molar-refractivity contribution >= 4 is 17.1 Å². The molecule has 0 aliphatic carbocycles. The van der Waals surface area contributed by atoms with Crippen LogP contribution in [0, 0.1) is 0 Å². The third-order valence-corrected chi connectivity index (χ3v) is 4.75. The van der Waals surface area contributed by atoms with E-state index >= 15 is 0 Å². The van der Waals surface area contributed by atoms with Crippen molar-refractivity contribution in [2.24, 2.45) is 0 Å². The van der Waals surface area contributed by atoms with Crippen molar-refractivity contribution in [3.63, 3.8) is 0 Å². The largest absolute Gasteiger partial charge is 0.399 e. The number of benzene rings is 4. The van der Waals surface area contributed by atoms with Crippen LogP contribution in [0.2, 0.25) is 0 Å². The number of hydrogen-bond donors (Lipinski definition) is 3. The molecule has 4 rings (SSSR count). The zero-order chi connectivity index (χ0) is 18.8. The summed E-state index contributed by atoms with van der Waals surface area (Å²) in [4.78, 5) is 0. The number of nitrogen functional groups attached to an aromatic ring is 3. The minimum Gasteiger partial charge on any atom is -0.399 e. The van der Waals surface area contributed by atoms with Crippen molar-refractivity contribution in [3.8, 4) is 33.4 Å². The van der Waals surface area contributed by atoms with Gasteiger partial charge in [-0.2, -0.15) is 0 Å². The van der Waals surface area contributed by atoms with Crippen LogP contribution in [0.5, 0.6) is 0 Å². The van der Waals surface area contributed by atoms with E-state index in [0.29, 0.717) is 0 Å². The van der Waals surface area contributed by atoms with Crippen molar-refractivity contribution in [1.29, 1.82) is 0 Å². The summed E-state index contributed by atoms with van der Waals surface area (Å²) >= 11 is 0. The summed E-state index contributed by atoms with van der Waals surface area (Å²) in [5.41, 5.74) is 27.1. The Balaban J connectivity index is 2.09. The van der Waals surface area contributed by atoms with Crippen LogP contribution in [0.25, 0.3) is 33.4 Å². The molecule has 132 valence electrons. The lowest BCUT2D eigenvalue weighted by Crippen LogP contribution is -1.99. The summed E-state index contributed by atoms with van der Waals surface area (Å²) in [5.74, 6) is 0. The van der Waals surface area contributed by atoms with Crippen LogP contribution in [0.3, 0.4) is 0 Å². The molecule has 0 atom stereocenters. The van der Waals surface area contributed by atoms with Gasteiger partial charge in [0.05, 0.1) is 0 Å². The van der Waals surface area contributed by atoms with Crippen LogP contribution in [0.1, 0.15) is 0 Å². The molecule has 0 saturated carbocycles. The van der Waals surface area contributed by atoms with E-state index < -0.39 is 0 Å². The molecule has 0 aromatic heterocycles. The molecule has 0 bridgehead atoms. The zero-order valence-electron chi connectivity index (χ0n) is 14.9. The van der Waals surface area contributed by atoms with Crippen molar-refractivity contribution in [1.82, 2.24) is 0 Å². The predicted molar refractivity (Wildman–Crippen MR) is 116 cm³/mol. The van der Waals surface area contributed by atoms with Crippen LogP contribution < -0.4 is 17.2 Å². The standard InChI is InChI=1S/C24H21N3/c25-18-12-10-16(11-13-18)19-14-15-22(27)23(17-6-2-1-3-7-17)24(19)20-8-4-5-9-21(20)26/h1-15H,25-27H2. The van der Waals surface area contributed by atoms with Gasteiger partial charge in [-0.15, -0.1) is 0 Å². The number of hydrogen-bond acceptors (Lipinski definition) is 3. The maximum Gasteiger partial charge on any atom is 0.0400 e. The molecule has 0 amide bonds. The van der Waals surface area contributed by atoms with Crippen molar-refractivity contribution in [3.05, 3.63) is 91.0 Å². The van der Waals surface area contributed by atoms with Gasteiger partial charge in [-0.05, 0) is 41.0 Å². The first kappa shape index (κ1) is 16.7. The minimum atomic E-state index is 0.719. The van der Waals surface area contributed by atoms with E-state index in [2.05, 4.69) is 18.2 Å². The Morgan fingerprint density at radius 1 is 0.407 bits per heavy atom. The van der Waals surface area contributed by atoms with Crippen molar-refractivity contribution < 1.29 is 0 Å². The van der Waals surface area contributed by atoms with Crippen LogP contribution in [-0.4, -0.2) is 0 Å². The van der Waals surface area contributed by atoms with E-state index in [0.717, 1.165) is 50.4 Å². The van der Waals surface area contributed by atoms with Gasteiger partial charge in [0.1, 0.15) is 0 Å². The summed E-state index contributed by atoms with van der Waals surface area (Å²) in [6, 6.07) is 29.9. The van der Waals surface area contributed by atoms with Crippen molar-refractivity contribution in [2.75, 3.05) is 17.2 Å². The van der Waals surface area contributed by atoms with Crippen LogP contribution in [0.4, 0.5) is 17.1 Å². The molecule has 4 aromatic carbocycles. The summed E-state index contributed by atoms with van der Waals surface area (Å²) in [7, 11) is 0. The SMILES string of the molecule is Nc1ccc(-c2ccc(N)c(-c3ccccc3)c2-c2ccccc2N)cc1. The smallest absolute Gasteiger partial charge is 0.0400 e. The highest BCUT2D eigenvalue weighted by molar-refractivity contribution is 6.02. The van der Waals surface area contributed by atoms with Gasteiger partial charge in [0, 0.05) is 33.8 Å². The second-order valence-corrected chi connectivity index (χ2v) is 6.53. The number of rotatable bonds is 3. The molecular weight excluding hydrogens is 330 g/mol. The monoisotopic (exact) mass is 351 g/mol. The van der Waals surface area contributed by atoms with Gasteiger partial charge < -0.3 is 17.2 Å². The summed E-state index contributed by atoms with van der Waals surface area (Å²) in [6.45, 7) is 0. The third kappa shape index (κ3) is 3.11. The normalized spacial score (nSPS) is 10.7. The lowest BCUT2D eigenvalue weighted by atomic mass is 9.86. The molecule has 0 unspecified atom stereocenters. The van der Waals surface area contributed by atoms with Gasteiger partial charge in [-0.1, -0.05) is 66.7 Å². The van der Waals surface area contributed by atoms with E-state index in [1.54, 1.807) is 0 Å². The molecule has 0 fully saturated rings. The highest BCUT2D eigenvalue weighted by Crippen LogP contribution is 2.44. The first-order valence-electron chi connectivity index (χ1n) is 8.84. The first-order chi connectivity index (χ1) is 13.1. The number of nitrogens with two attached hydrogens (primary N) is 3. The molecule has 3 heteroatoms. The molecule has 3 nitrogen and oxygen atoms in total. The third-order valence-electron chi connectivity index (χ3n) is 4.75. The van der Waals surface area contributed by atoms with Crippen molar-refractivity contribution in [2.45, 2.75) is 0 Å². The Hall–Kier alpha value is -3.72. The van der Waals surface area contributed by atoms with Gasteiger partial charge in [0.15, 0.2) is 0 Å². The molecule has 0 aliphatic heterocycles. The van der Waals surface area contributed by atoms with E-state index in [1.165, 1.54) is 0 Å². The Kier molecular flexibility index (Phi) is 4.27. The maximum absolute atomic E-state index is 6.45. The van der Waals surface area contributed by atoms with Crippen LogP contribution in [-0.2, 0) is 0 Å². The first-order valence-corrected chi connectivity index (χ1v) is 8.84. The Labute approximate surface area is 159 Å². The molecule has 0 saturated heterocycles. The van der Waals surface area contributed by atoms with Gasteiger partial charge >= 0.3 is 0 Å². The van der Waals surface area contributed by atoms with Crippen LogP contribution in [0.15, 0.2) is 91.0 Å². The fourth-order valence-corrected chi connectivity index (χ4v) is 3.44. The molecule has 6 N–H and O–H groups in total. The molecule has 0 spiro atoms. The fraction of sp³-hybridized carbons (Fsp3) is 0. The highest BCUT2D eigenvalue weighted by atomic mass is 14.6. The van der Waals surface area contributed by atoms with E-state index in [-0.39, 0.29) is 0 Å². The summed E-state index contributed by atoms with van der Waals surface area (Å²) < 4.78 is 0. The summed E-state index contributed by atoms with van der Waals surface area (Å²) in [5, 5.41) is 0. The van der Waals surface area contributed by atoms with Gasteiger partial charge in [-0.25, -0.2) is 0 Å². The highest BCUT2D eigenvalue weighted by Gasteiger charge is 2.18. The topological polar surface area (TPSA) is 78.1 Å². The van der Waals surface area contributed by atoms with Gasteiger partial charge in [0.25, 0.3) is 0 Å². The molecule has 27 heavy (non-hydrogen) atoms. The maximum atomic E-state index is 6.45.